The van der Waals surface area contributed by atoms with Crippen LogP contribution in [0.5, 0.6) is 5.75 Å². The number of aromatic nitrogens is 4. The minimum absolute atomic E-state index is 0.00790. The van der Waals surface area contributed by atoms with Gasteiger partial charge in [0.15, 0.2) is 0 Å². The molecule has 1 aliphatic rings. The van der Waals surface area contributed by atoms with Crippen LogP contribution in [-0.2, 0) is 17.8 Å². The molecule has 0 bridgehead atoms. The van der Waals surface area contributed by atoms with Crippen LogP contribution in [0.4, 0.5) is 0 Å². The molecule has 31 heavy (non-hydrogen) atoms. The molecule has 0 aliphatic carbocycles. The molecular weight excluding hydrogens is 414 g/mol. The van der Waals surface area contributed by atoms with Gasteiger partial charge >= 0.3 is 0 Å². The fraction of sp³-hybridized carbons (Fsp3) is 0.381. The average molecular weight is 438 g/mol. The van der Waals surface area contributed by atoms with Gasteiger partial charge in [0.2, 0.25) is 11.0 Å². The molecular formula is C21H23N7O2S. The molecule has 0 fully saturated rings. The maximum Gasteiger partial charge on any atom is 0.236 e. The van der Waals surface area contributed by atoms with Gasteiger partial charge in [0.25, 0.3) is 0 Å². The lowest BCUT2D eigenvalue weighted by molar-refractivity contribution is -0.130. The first-order valence-corrected chi connectivity index (χ1v) is 10.8. The van der Waals surface area contributed by atoms with E-state index in [4.69, 9.17) is 15.6 Å². The number of fused-ring (bicyclic) bond motifs is 1. The molecule has 0 unspecified atom stereocenters. The summed E-state index contributed by atoms with van der Waals surface area (Å²) < 4.78 is 7.47. The second kappa shape index (κ2) is 8.45. The lowest BCUT2D eigenvalue weighted by Gasteiger charge is -2.26. The smallest absolute Gasteiger partial charge is 0.236 e. The topological polar surface area (TPSA) is 123 Å². The van der Waals surface area contributed by atoms with Crippen molar-refractivity contribution < 1.29 is 9.53 Å². The van der Waals surface area contributed by atoms with Crippen molar-refractivity contribution >= 4 is 17.2 Å². The van der Waals surface area contributed by atoms with E-state index in [0.717, 1.165) is 22.5 Å². The standard InChI is InChI=1S/C21H23N7O2S/c1-12(2)30-18-5-4-14(8-15(18)9-22)20-24-25-21(31-20)28-13(3)16-11-27(19(29)10-23)7-6-17(16)26-28/h4-5,8,12H,6-7,10-11,23H2,1-3H3. The van der Waals surface area contributed by atoms with Gasteiger partial charge in [-0.15, -0.1) is 10.2 Å². The van der Waals surface area contributed by atoms with Gasteiger partial charge in [0.1, 0.15) is 16.8 Å². The summed E-state index contributed by atoms with van der Waals surface area (Å²) in [5.74, 6) is 0.493. The number of benzene rings is 1. The van der Waals surface area contributed by atoms with Crippen molar-refractivity contribution in [3.63, 3.8) is 0 Å². The number of ether oxygens (including phenoxy) is 1. The van der Waals surface area contributed by atoms with Crippen molar-refractivity contribution in [3.05, 3.63) is 40.7 Å². The molecule has 10 heteroatoms. The van der Waals surface area contributed by atoms with Crippen molar-refractivity contribution in [2.24, 2.45) is 5.73 Å². The first-order chi connectivity index (χ1) is 14.9. The molecule has 160 valence electrons. The zero-order valence-electron chi connectivity index (χ0n) is 17.6. The van der Waals surface area contributed by atoms with Crippen LogP contribution in [-0.4, -0.2) is 50.0 Å². The van der Waals surface area contributed by atoms with Gasteiger partial charge in [-0.3, -0.25) is 4.79 Å². The Morgan fingerprint density at radius 2 is 2.19 bits per heavy atom. The quantitative estimate of drug-likeness (QED) is 0.649. The molecule has 9 nitrogen and oxygen atoms in total. The number of hydrogen-bond donors (Lipinski definition) is 1. The van der Waals surface area contributed by atoms with E-state index < -0.39 is 0 Å². The number of hydrogen-bond acceptors (Lipinski definition) is 8. The SMILES string of the molecule is Cc1c2c(nn1-c1nnc(-c3ccc(OC(C)C)c(C#N)c3)s1)CCN(C(=O)CN)C2. The van der Waals surface area contributed by atoms with E-state index in [0.29, 0.717) is 41.0 Å². The fourth-order valence-corrected chi connectivity index (χ4v) is 4.41. The minimum Gasteiger partial charge on any atom is -0.490 e. The Labute approximate surface area is 184 Å². The van der Waals surface area contributed by atoms with E-state index >= 15 is 0 Å². The Bertz CT molecular complexity index is 1180. The molecule has 0 atom stereocenters. The van der Waals surface area contributed by atoms with E-state index in [1.807, 2.05) is 26.8 Å². The molecule has 2 aromatic heterocycles. The van der Waals surface area contributed by atoms with Gasteiger partial charge in [-0.1, -0.05) is 11.3 Å². The molecule has 0 spiro atoms. The number of nitrogens with two attached hydrogens (primary N) is 1. The second-order valence-electron chi connectivity index (χ2n) is 7.57. The van der Waals surface area contributed by atoms with Crippen molar-refractivity contribution in [2.75, 3.05) is 13.1 Å². The number of nitriles is 1. The molecule has 3 heterocycles. The van der Waals surface area contributed by atoms with Crippen molar-refractivity contribution in [1.29, 1.82) is 5.26 Å². The second-order valence-corrected chi connectivity index (χ2v) is 8.53. The third-order valence-electron chi connectivity index (χ3n) is 5.12. The Balaban J connectivity index is 1.63. The molecule has 0 saturated carbocycles. The summed E-state index contributed by atoms with van der Waals surface area (Å²) in [5.41, 5.74) is 9.71. The molecule has 1 aromatic carbocycles. The first-order valence-electron chi connectivity index (χ1n) is 10.0. The molecule has 0 radical (unpaired) electrons. The molecule has 3 aromatic rings. The zero-order valence-corrected chi connectivity index (χ0v) is 18.4. The normalized spacial score (nSPS) is 13.2. The predicted molar refractivity (Wildman–Crippen MR) is 116 cm³/mol. The molecule has 2 N–H and O–H groups in total. The first kappa shape index (κ1) is 21.0. The van der Waals surface area contributed by atoms with Crippen LogP contribution in [0.15, 0.2) is 18.2 Å². The lowest BCUT2D eigenvalue weighted by atomic mass is 10.1. The summed E-state index contributed by atoms with van der Waals surface area (Å²) in [7, 11) is 0. The molecule has 1 amide bonds. The van der Waals surface area contributed by atoms with Crippen LogP contribution in [0.2, 0.25) is 0 Å². The van der Waals surface area contributed by atoms with Gasteiger partial charge in [-0.25, -0.2) is 4.68 Å². The summed E-state index contributed by atoms with van der Waals surface area (Å²) >= 11 is 1.39. The largest absolute Gasteiger partial charge is 0.490 e. The number of amides is 1. The maximum absolute atomic E-state index is 12.0. The van der Waals surface area contributed by atoms with Crippen molar-refractivity contribution in [1.82, 2.24) is 24.9 Å². The highest BCUT2D eigenvalue weighted by atomic mass is 32.1. The van der Waals surface area contributed by atoms with Crippen LogP contribution in [0.25, 0.3) is 15.7 Å². The lowest BCUT2D eigenvalue weighted by Crippen LogP contribution is -2.39. The number of rotatable bonds is 5. The van der Waals surface area contributed by atoms with Crippen LogP contribution >= 0.6 is 11.3 Å². The zero-order chi connectivity index (χ0) is 22.1. The van der Waals surface area contributed by atoms with Crippen LogP contribution in [0.3, 0.4) is 0 Å². The highest BCUT2D eigenvalue weighted by molar-refractivity contribution is 7.17. The number of carbonyl (C=O) groups is 1. The Morgan fingerprint density at radius 3 is 2.90 bits per heavy atom. The predicted octanol–water partition coefficient (Wildman–Crippen LogP) is 2.20. The van der Waals surface area contributed by atoms with Gasteiger partial charge < -0.3 is 15.4 Å². The molecule has 4 rings (SSSR count). The van der Waals surface area contributed by atoms with E-state index in [1.165, 1.54) is 11.3 Å². The Kier molecular flexibility index (Phi) is 5.71. The third-order valence-corrected chi connectivity index (χ3v) is 6.07. The van der Waals surface area contributed by atoms with E-state index in [2.05, 4.69) is 16.3 Å². The maximum atomic E-state index is 12.0. The van der Waals surface area contributed by atoms with E-state index in [9.17, 15) is 10.1 Å². The monoisotopic (exact) mass is 437 g/mol. The van der Waals surface area contributed by atoms with Crippen LogP contribution in [0, 0.1) is 18.3 Å². The van der Waals surface area contributed by atoms with Crippen molar-refractivity contribution in [2.45, 2.75) is 39.8 Å². The summed E-state index contributed by atoms with van der Waals surface area (Å²) in [6.45, 7) is 6.93. The molecule has 1 aliphatic heterocycles. The summed E-state index contributed by atoms with van der Waals surface area (Å²) in [6, 6.07) is 7.61. The van der Waals surface area contributed by atoms with Crippen molar-refractivity contribution in [3.8, 4) is 27.5 Å². The summed E-state index contributed by atoms with van der Waals surface area (Å²) in [5, 5.41) is 24.1. The summed E-state index contributed by atoms with van der Waals surface area (Å²) in [4.78, 5) is 13.7. The number of carbonyl (C=O) groups excluding carboxylic acids is 1. The fourth-order valence-electron chi connectivity index (χ4n) is 3.56. The Morgan fingerprint density at radius 1 is 1.39 bits per heavy atom. The van der Waals surface area contributed by atoms with Gasteiger partial charge in [-0.05, 0) is 39.0 Å². The highest BCUT2D eigenvalue weighted by Crippen LogP contribution is 2.31. The Hall–Kier alpha value is -3.29. The van der Waals surface area contributed by atoms with Gasteiger partial charge in [0.05, 0.1) is 23.9 Å². The van der Waals surface area contributed by atoms with Crippen LogP contribution in [0.1, 0.15) is 36.4 Å². The highest BCUT2D eigenvalue weighted by Gasteiger charge is 2.26. The van der Waals surface area contributed by atoms with E-state index in [1.54, 1.807) is 21.7 Å². The van der Waals surface area contributed by atoms with Gasteiger partial charge in [-0.2, -0.15) is 10.4 Å². The average Bonchev–Trinajstić information content (AvgIpc) is 3.38. The number of nitrogens with zero attached hydrogens (tertiary/aromatic N) is 6. The van der Waals surface area contributed by atoms with Crippen LogP contribution < -0.4 is 10.5 Å². The van der Waals surface area contributed by atoms with E-state index in [-0.39, 0.29) is 18.6 Å². The minimum atomic E-state index is -0.0609. The molecule has 0 saturated heterocycles. The van der Waals surface area contributed by atoms with Gasteiger partial charge in [0, 0.05) is 36.3 Å². The third kappa shape index (κ3) is 4.02. The summed E-state index contributed by atoms with van der Waals surface area (Å²) in [6.07, 6.45) is 0.666.